The first-order valence-electron chi connectivity index (χ1n) is 9.97. The Morgan fingerprint density at radius 1 is 1.21 bits per heavy atom. The molecule has 6 nitrogen and oxygen atoms in total. The third-order valence-corrected chi connectivity index (χ3v) is 6.86. The topological polar surface area (TPSA) is 95.9 Å². The molecule has 1 aromatic carbocycles. The standard InChI is InChI=1S/C22H27NO5S/c1-3-14-7-9-16(10-8-14)23-17-6-4-5-15(11-17)20-13(2)19(28-12-18(24)25)21(29-20)22(26)27/h4-6,11,14,16,23H,3,7-10,12H2,1-2H3,(H,24,25)(H,26,27). The van der Waals surface area contributed by atoms with E-state index >= 15 is 0 Å². The van der Waals surface area contributed by atoms with Gasteiger partial charge in [0, 0.05) is 22.2 Å². The van der Waals surface area contributed by atoms with Crippen molar-refractivity contribution in [3.8, 4) is 16.2 Å². The fraction of sp³-hybridized carbons (Fsp3) is 0.455. The van der Waals surface area contributed by atoms with Crippen LogP contribution >= 0.6 is 11.3 Å². The number of hydrogen-bond acceptors (Lipinski definition) is 5. The molecule has 3 rings (SSSR count). The lowest BCUT2D eigenvalue weighted by Crippen LogP contribution is -2.25. The minimum atomic E-state index is -1.14. The van der Waals surface area contributed by atoms with Gasteiger partial charge in [0.25, 0.3) is 0 Å². The molecule has 0 bridgehead atoms. The highest BCUT2D eigenvalue weighted by atomic mass is 32.1. The van der Waals surface area contributed by atoms with E-state index in [0.717, 1.165) is 46.2 Å². The first kappa shape index (κ1) is 21.2. The fourth-order valence-corrected chi connectivity index (χ4v) is 5.01. The summed E-state index contributed by atoms with van der Waals surface area (Å²) in [5.41, 5.74) is 2.56. The number of aromatic carboxylic acids is 1. The van der Waals surface area contributed by atoms with Crippen LogP contribution in [0.5, 0.6) is 5.75 Å². The second kappa shape index (κ2) is 9.31. The van der Waals surface area contributed by atoms with Gasteiger partial charge in [0.05, 0.1) is 0 Å². The lowest BCUT2D eigenvalue weighted by atomic mass is 9.84. The van der Waals surface area contributed by atoms with Gasteiger partial charge in [-0.05, 0) is 56.2 Å². The number of hydrogen-bond donors (Lipinski definition) is 3. The third-order valence-electron chi connectivity index (χ3n) is 5.55. The Balaban J connectivity index is 1.82. The average Bonchev–Trinajstić information content (AvgIpc) is 3.04. The van der Waals surface area contributed by atoms with Gasteiger partial charge in [-0.15, -0.1) is 11.3 Å². The van der Waals surface area contributed by atoms with Gasteiger partial charge in [-0.2, -0.15) is 0 Å². The van der Waals surface area contributed by atoms with E-state index in [-0.39, 0.29) is 10.6 Å². The highest BCUT2D eigenvalue weighted by molar-refractivity contribution is 7.18. The molecule has 1 aromatic heterocycles. The predicted octanol–water partition coefficient (Wildman–Crippen LogP) is 5.27. The van der Waals surface area contributed by atoms with E-state index in [4.69, 9.17) is 9.84 Å². The van der Waals surface area contributed by atoms with E-state index in [1.165, 1.54) is 19.3 Å². The van der Waals surface area contributed by atoms with Gasteiger partial charge >= 0.3 is 11.9 Å². The van der Waals surface area contributed by atoms with E-state index in [1.807, 2.05) is 24.3 Å². The molecule has 29 heavy (non-hydrogen) atoms. The number of thiophene rings is 1. The maximum atomic E-state index is 11.6. The predicted molar refractivity (Wildman–Crippen MR) is 114 cm³/mol. The first-order valence-corrected chi connectivity index (χ1v) is 10.8. The minimum Gasteiger partial charge on any atom is -0.480 e. The molecule has 0 unspecified atom stereocenters. The molecule has 2 aromatic rings. The zero-order chi connectivity index (χ0) is 21.0. The van der Waals surface area contributed by atoms with E-state index in [2.05, 4.69) is 12.2 Å². The van der Waals surface area contributed by atoms with Crippen molar-refractivity contribution in [2.75, 3.05) is 11.9 Å². The summed E-state index contributed by atoms with van der Waals surface area (Å²) in [6.45, 7) is 3.45. The molecule has 0 radical (unpaired) electrons. The monoisotopic (exact) mass is 417 g/mol. The van der Waals surface area contributed by atoms with Crippen molar-refractivity contribution in [3.05, 3.63) is 34.7 Å². The molecule has 0 amide bonds. The summed E-state index contributed by atoms with van der Waals surface area (Å²) in [5.74, 6) is -1.29. The number of aliphatic carboxylic acids is 1. The molecule has 1 aliphatic carbocycles. The Morgan fingerprint density at radius 2 is 1.93 bits per heavy atom. The maximum Gasteiger partial charge on any atom is 0.349 e. The normalized spacial score (nSPS) is 19.0. The van der Waals surface area contributed by atoms with Crippen LogP contribution in [0.15, 0.2) is 24.3 Å². The summed E-state index contributed by atoms with van der Waals surface area (Å²) in [4.78, 5) is 23.3. The molecule has 0 atom stereocenters. The summed E-state index contributed by atoms with van der Waals surface area (Å²) in [6, 6.07) is 8.40. The molecule has 0 saturated heterocycles. The summed E-state index contributed by atoms with van der Waals surface area (Å²) < 4.78 is 5.28. The van der Waals surface area contributed by atoms with Crippen LogP contribution in [-0.4, -0.2) is 34.8 Å². The Labute approximate surface area is 174 Å². The number of carboxylic acid groups (broad SMARTS) is 2. The van der Waals surface area contributed by atoms with E-state index in [0.29, 0.717) is 11.6 Å². The zero-order valence-electron chi connectivity index (χ0n) is 16.7. The average molecular weight is 418 g/mol. The van der Waals surface area contributed by atoms with E-state index in [1.54, 1.807) is 6.92 Å². The Kier molecular flexibility index (Phi) is 6.79. The smallest absolute Gasteiger partial charge is 0.349 e. The summed E-state index contributed by atoms with van der Waals surface area (Å²) >= 11 is 1.11. The highest BCUT2D eigenvalue weighted by Crippen LogP contribution is 2.42. The van der Waals surface area contributed by atoms with Crippen LogP contribution in [0, 0.1) is 12.8 Å². The van der Waals surface area contributed by atoms with Gasteiger partial charge in [-0.1, -0.05) is 25.5 Å². The SMILES string of the molecule is CCC1CCC(Nc2cccc(-c3sc(C(=O)O)c(OCC(=O)O)c3C)c2)CC1. The number of nitrogens with one attached hydrogen (secondary N) is 1. The van der Waals surface area contributed by atoms with Gasteiger partial charge in [0.15, 0.2) is 11.5 Å². The molecular formula is C22H27NO5S. The number of ether oxygens (including phenoxy) is 1. The van der Waals surface area contributed by atoms with Gasteiger partial charge in [0.2, 0.25) is 0 Å². The summed E-state index contributed by atoms with van der Waals surface area (Å²) in [7, 11) is 0. The molecule has 0 spiro atoms. The van der Waals surface area contributed by atoms with Crippen molar-refractivity contribution in [2.24, 2.45) is 5.92 Å². The van der Waals surface area contributed by atoms with E-state index < -0.39 is 18.5 Å². The second-order valence-corrected chi connectivity index (χ2v) is 8.57. The number of anilines is 1. The fourth-order valence-electron chi connectivity index (χ4n) is 3.92. The quantitative estimate of drug-likeness (QED) is 0.542. The third kappa shape index (κ3) is 5.09. The van der Waals surface area contributed by atoms with Gasteiger partial charge in [-0.3, -0.25) is 0 Å². The number of rotatable bonds is 8. The van der Waals surface area contributed by atoms with Crippen molar-refractivity contribution in [3.63, 3.8) is 0 Å². The van der Waals surface area contributed by atoms with Crippen molar-refractivity contribution < 1.29 is 24.5 Å². The summed E-state index contributed by atoms with van der Waals surface area (Å²) in [5, 5.41) is 22.0. The molecule has 1 heterocycles. The number of carbonyl (C=O) groups is 2. The lowest BCUT2D eigenvalue weighted by molar-refractivity contribution is -0.139. The van der Waals surface area contributed by atoms with Crippen molar-refractivity contribution >= 4 is 29.0 Å². The molecule has 1 aliphatic rings. The molecule has 1 saturated carbocycles. The lowest BCUT2D eigenvalue weighted by Gasteiger charge is -2.29. The van der Waals surface area contributed by atoms with Crippen LogP contribution in [-0.2, 0) is 4.79 Å². The molecule has 156 valence electrons. The zero-order valence-corrected chi connectivity index (χ0v) is 17.6. The van der Waals surface area contributed by atoms with Crippen LogP contribution < -0.4 is 10.1 Å². The molecular weight excluding hydrogens is 390 g/mol. The van der Waals surface area contributed by atoms with Crippen molar-refractivity contribution in [2.45, 2.75) is 52.0 Å². The van der Waals surface area contributed by atoms with E-state index in [9.17, 15) is 14.7 Å². The van der Waals surface area contributed by atoms with Crippen molar-refractivity contribution in [1.82, 2.24) is 0 Å². The van der Waals surface area contributed by atoms with Gasteiger partial charge in [-0.25, -0.2) is 9.59 Å². The maximum absolute atomic E-state index is 11.6. The minimum absolute atomic E-state index is 0.0231. The molecule has 1 fully saturated rings. The molecule has 7 heteroatoms. The van der Waals surface area contributed by atoms with Crippen LogP contribution in [0.1, 0.15) is 54.3 Å². The van der Waals surface area contributed by atoms with Crippen LogP contribution in [0.2, 0.25) is 0 Å². The van der Waals surface area contributed by atoms with Crippen molar-refractivity contribution in [1.29, 1.82) is 0 Å². The summed E-state index contributed by atoms with van der Waals surface area (Å²) in [6.07, 6.45) is 6.08. The Morgan fingerprint density at radius 3 is 2.55 bits per heavy atom. The molecule has 0 aliphatic heterocycles. The number of carboxylic acids is 2. The van der Waals surface area contributed by atoms with Gasteiger partial charge in [0.1, 0.15) is 5.75 Å². The Bertz CT molecular complexity index is 883. The second-order valence-electron chi connectivity index (χ2n) is 7.55. The first-order chi connectivity index (χ1) is 13.9. The Hall–Kier alpha value is -2.54. The van der Waals surface area contributed by atoms with Crippen LogP contribution in [0.3, 0.4) is 0 Å². The molecule has 3 N–H and O–H groups in total. The number of benzene rings is 1. The van der Waals surface area contributed by atoms with Crippen LogP contribution in [0.4, 0.5) is 5.69 Å². The van der Waals surface area contributed by atoms with Crippen LogP contribution in [0.25, 0.3) is 10.4 Å². The largest absolute Gasteiger partial charge is 0.480 e. The van der Waals surface area contributed by atoms with Gasteiger partial charge < -0.3 is 20.3 Å². The highest BCUT2D eigenvalue weighted by Gasteiger charge is 2.24.